The first-order valence-corrected chi connectivity index (χ1v) is 7.29. The van der Waals surface area contributed by atoms with Gasteiger partial charge in [0.1, 0.15) is 17.3 Å². The lowest BCUT2D eigenvalue weighted by Crippen LogP contribution is -2.06. The van der Waals surface area contributed by atoms with E-state index < -0.39 is 0 Å². The van der Waals surface area contributed by atoms with Gasteiger partial charge in [-0.1, -0.05) is 24.9 Å². The van der Waals surface area contributed by atoms with Gasteiger partial charge in [-0.25, -0.2) is 9.97 Å². The number of nitrogens with zero attached hydrogens (tertiary/aromatic N) is 2. The van der Waals surface area contributed by atoms with Crippen LogP contribution in [0.25, 0.3) is 0 Å². The summed E-state index contributed by atoms with van der Waals surface area (Å²) in [6.45, 7) is 5.02. The Labute approximate surface area is 116 Å². The predicted octanol–water partition coefficient (Wildman–Crippen LogP) is 4.06. The summed E-state index contributed by atoms with van der Waals surface area (Å²) in [7, 11) is 0. The molecule has 0 aliphatic rings. The van der Waals surface area contributed by atoms with E-state index in [1.54, 1.807) is 11.3 Å². The monoisotopic (exact) mass is 281 g/mol. The minimum atomic E-state index is 0.552. The van der Waals surface area contributed by atoms with Crippen molar-refractivity contribution in [1.29, 1.82) is 0 Å². The number of rotatable bonds is 5. The van der Waals surface area contributed by atoms with Crippen molar-refractivity contribution in [2.75, 3.05) is 5.32 Å². The van der Waals surface area contributed by atoms with Crippen LogP contribution in [0.2, 0.25) is 5.15 Å². The number of nitrogens with one attached hydrogen (secondary N) is 1. The fourth-order valence-corrected chi connectivity index (χ4v) is 2.85. The van der Waals surface area contributed by atoms with E-state index in [1.807, 2.05) is 0 Å². The van der Waals surface area contributed by atoms with E-state index in [-0.39, 0.29) is 0 Å². The van der Waals surface area contributed by atoms with Crippen LogP contribution in [0.4, 0.5) is 5.82 Å². The Balaban J connectivity index is 2.14. The highest BCUT2D eigenvalue weighted by Gasteiger charge is 2.09. The number of hydrogen-bond acceptors (Lipinski definition) is 4. The van der Waals surface area contributed by atoms with E-state index in [2.05, 4.69) is 39.9 Å². The predicted molar refractivity (Wildman–Crippen MR) is 77.4 cm³/mol. The molecule has 0 radical (unpaired) electrons. The first-order valence-electron chi connectivity index (χ1n) is 5.97. The quantitative estimate of drug-likeness (QED) is 0.840. The van der Waals surface area contributed by atoms with Crippen LogP contribution < -0.4 is 5.32 Å². The molecule has 0 fully saturated rings. The van der Waals surface area contributed by atoms with Gasteiger partial charge in [-0.3, -0.25) is 0 Å². The molecule has 18 heavy (non-hydrogen) atoms. The van der Waals surface area contributed by atoms with Crippen molar-refractivity contribution < 1.29 is 0 Å². The fourth-order valence-electron chi connectivity index (χ4n) is 1.76. The first-order chi connectivity index (χ1) is 8.72. The Bertz CT molecular complexity index is 525. The zero-order chi connectivity index (χ0) is 13.0. The summed E-state index contributed by atoms with van der Waals surface area (Å²) >= 11 is 7.83. The lowest BCUT2D eigenvalue weighted by Gasteiger charge is -2.11. The number of thiophene rings is 1. The van der Waals surface area contributed by atoms with E-state index >= 15 is 0 Å². The van der Waals surface area contributed by atoms with Gasteiger partial charge in [0.25, 0.3) is 0 Å². The van der Waals surface area contributed by atoms with Gasteiger partial charge in [0, 0.05) is 12.1 Å². The Morgan fingerprint density at radius 1 is 1.33 bits per heavy atom. The standard InChI is InChI=1S/C13H16ClN3S/c1-3-4-11-12(14)16-8-17-13(11)15-5-10-7-18-6-9(10)2/h6-8H,3-5H2,1-2H3,(H,15,16,17). The molecule has 0 saturated heterocycles. The number of aryl methyl sites for hydroxylation is 1. The number of halogens is 1. The van der Waals surface area contributed by atoms with Gasteiger partial charge in [0.15, 0.2) is 0 Å². The van der Waals surface area contributed by atoms with Crippen LogP contribution in [0.5, 0.6) is 0 Å². The fraction of sp³-hybridized carbons (Fsp3) is 0.385. The molecule has 0 aromatic carbocycles. The summed E-state index contributed by atoms with van der Waals surface area (Å²) in [6, 6.07) is 0. The lowest BCUT2D eigenvalue weighted by molar-refractivity contribution is 0.897. The number of anilines is 1. The molecule has 0 saturated carbocycles. The second kappa shape index (κ2) is 6.16. The molecule has 2 heterocycles. The highest BCUT2D eigenvalue weighted by molar-refractivity contribution is 7.08. The molecule has 2 aromatic rings. The maximum absolute atomic E-state index is 6.11. The summed E-state index contributed by atoms with van der Waals surface area (Å²) in [6.07, 6.45) is 3.42. The maximum Gasteiger partial charge on any atom is 0.137 e. The molecule has 2 aromatic heterocycles. The van der Waals surface area contributed by atoms with Gasteiger partial charge in [-0.05, 0) is 35.2 Å². The molecule has 3 nitrogen and oxygen atoms in total. The Morgan fingerprint density at radius 3 is 2.83 bits per heavy atom. The molecule has 96 valence electrons. The van der Waals surface area contributed by atoms with Gasteiger partial charge in [-0.15, -0.1) is 0 Å². The topological polar surface area (TPSA) is 37.8 Å². The lowest BCUT2D eigenvalue weighted by atomic mass is 10.1. The molecule has 0 amide bonds. The van der Waals surface area contributed by atoms with E-state index in [1.165, 1.54) is 17.5 Å². The van der Waals surface area contributed by atoms with Gasteiger partial charge in [-0.2, -0.15) is 11.3 Å². The van der Waals surface area contributed by atoms with Gasteiger partial charge >= 0.3 is 0 Å². The minimum absolute atomic E-state index is 0.552. The zero-order valence-corrected chi connectivity index (χ0v) is 12.1. The molecule has 1 N–H and O–H groups in total. The number of aromatic nitrogens is 2. The Morgan fingerprint density at radius 2 is 2.17 bits per heavy atom. The number of hydrogen-bond donors (Lipinski definition) is 1. The summed E-state index contributed by atoms with van der Waals surface area (Å²) in [4.78, 5) is 8.32. The van der Waals surface area contributed by atoms with Gasteiger partial charge in [0.2, 0.25) is 0 Å². The first kappa shape index (κ1) is 13.3. The smallest absolute Gasteiger partial charge is 0.137 e. The van der Waals surface area contributed by atoms with Gasteiger partial charge < -0.3 is 5.32 Å². The van der Waals surface area contributed by atoms with E-state index in [0.29, 0.717) is 5.15 Å². The van der Waals surface area contributed by atoms with Crippen LogP contribution in [0, 0.1) is 6.92 Å². The second-order valence-corrected chi connectivity index (χ2v) is 5.28. The molecule has 0 bridgehead atoms. The summed E-state index contributed by atoms with van der Waals surface area (Å²) < 4.78 is 0. The molecule has 0 atom stereocenters. The molecular formula is C13H16ClN3S. The molecule has 2 rings (SSSR count). The molecule has 0 unspecified atom stereocenters. The van der Waals surface area contributed by atoms with Crippen molar-refractivity contribution in [2.24, 2.45) is 0 Å². The van der Waals surface area contributed by atoms with Crippen LogP contribution in [0.3, 0.4) is 0 Å². The van der Waals surface area contributed by atoms with Crippen molar-refractivity contribution in [2.45, 2.75) is 33.2 Å². The van der Waals surface area contributed by atoms with Crippen molar-refractivity contribution in [3.8, 4) is 0 Å². The van der Waals surface area contributed by atoms with Crippen molar-refractivity contribution in [3.63, 3.8) is 0 Å². The Kier molecular flexibility index (Phi) is 4.55. The van der Waals surface area contributed by atoms with Crippen molar-refractivity contribution in [1.82, 2.24) is 9.97 Å². The van der Waals surface area contributed by atoms with Crippen molar-refractivity contribution >= 4 is 28.8 Å². The summed E-state index contributed by atoms with van der Waals surface area (Å²) in [5.41, 5.74) is 3.62. The van der Waals surface area contributed by atoms with E-state index in [0.717, 1.165) is 30.8 Å². The molecule has 5 heteroatoms. The van der Waals surface area contributed by atoms with E-state index in [9.17, 15) is 0 Å². The molecule has 0 aliphatic carbocycles. The summed E-state index contributed by atoms with van der Waals surface area (Å²) in [5.74, 6) is 0.849. The van der Waals surface area contributed by atoms with Crippen LogP contribution in [0.15, 0.2) is 17.1 Å². The molecule has 0 aliphatic heterocycles. The normalized spacial score (nSPS) is 10.6. The molecular weight excluding hydrogens is 266 g/mol. The second-order valence-electron chi connectivity index (χ2n) is 4.18. The average molecular weight is 282 g/mol. The van der Waals surface area contributed by atoms with Gasteiger partial charge in [0.05, 0.1) is 0 Å². The van der Waals surface area contributed by atoms with Crippen LogP contribution >= 0.6 is 22.9 Å². The third-order valence-electron chi connectivity index (χ3n) is 2.80. The Hall–Kier alpha value is -1.13. The highest BCUT2D eigenvalue weighted by Crippen LogP contribution is 2.22. The van der Waals surface area contributed by atoms with Crippen molar-refractivity contribution in [3.05, 3.63) is 38.9 Å². The van der Waals surface area contributed by atoms with Crippen LogP contribution in [-0.4, -0.2) is 9.97 Å². The van der Waals surface area contributed by atoms with Crippen LogP contribution in [-0.2, 0) is 13.0 Å². The average Bonchev–Trinajstić information content (AvgIpc) is 2.76. The third kappa shape index (κ3) is 3.00. The largest absolute Gasteiger partial charge is 0.366 e. The zero-order valence-electron chi connectivity index (χ0n) is 10.5. The SMILES string of the molecule is CCCc1c(Cl)ncnc1NCc1cscc1C. The minimum Gasteiger partial charge on any atom is -0.366 e. The maximum atomic E-state index is 6.11. The van der Waals surface area contributed by atoms with E-state index in [4.69, 9.17) is 11.6 Å². The third-order valence-corrected chi connectivity index (χ3v) is 4.04. The highest BCUT2D eigenvalue weighted by atomic mass is 35.5. The van der Waals surface area contributed by atoms with Crippen LogP contribution in [0.1, 0.15) is 30.0 Å². The molecule has 0 spiro atoms. The summed E-state index contributed by atoms with van der Waals surface area (Å²) in [5, 5.41) is 8.21.